The summed E-state index contributed by atoms with van der Waals surface area (Å²) in [6.45, 7) is 6.00. The smallest absolute Gasteiger partial charge is 0.0702 e. The number of hydrogen-bond donors (Lipinski definition) is 3. The number of allylic oxidation sites excluding steroid dienone is 2. The largest absolute Gasteiger partial charge is 0.396 e. The fourth-order valence-electron chi connectivity index (χ4n) is 0.603. The molecule has 4 N–H and O–H groups in total. The molecule has 0 unspecified atom stereocenters. The molecule has 0 aromatic rings. The minimum Gasteiger partial charge on any atom is -0.396 e. The Hall–Kier alpha value is -1.50. The Kier molecular flexibility index (Phi) is 3.99. The molecule has 0 saturated carbocycles. The van der Waals surface area contributed by atoms with Gasteiger partial charge in [0.05, 0.1) is 17.2 Å². The van der Waals surface area contributed by atoms with E-state index in [9.17, 15) is 0 Å². The highest BCUT2D eigenvalue weighted by molar-refractivity contribution is 5.75. The van der Waals surface area contributed by atoms with Gasteiger partial charge in [0.2, 0.25) is 0 Å². The fourth-order valence-corrected chi connectivity index (χ4v) is 0.603. The lowest BCUT2D eigenvalue weighted by Crippen LogP contribution is -2.28. The zero-order valence-corrected chi connectivity index (χ0v) is 8.31. The van der Waals surface area contributed by atoms with Gasteiger partial charge in [-0.15, -0.1) is 0 Å². The number of nitriles is 1. The van der Waals surface area contributed by atoms with Gasteiger partial charge in [0.1, 0.15) is 0 Å². The summed E-state index contributed by atoms with van der Waals surface area (Å²) in [6, 6.07) is 2.17. The summed E-state index contributed by atoms with van der Waals surface area (Å²) in [5, 5.41) is 18.6. The van der Waals surface area contributed by atoms with Crippen LogP contribution >= 0.6 is 0 Å². The van der Waals surface area contributed by atoms with Gasteiger partial charge >= 0.3 is 0 Å². The highest BCUT2D eigenvalue weighted by atomic mass is 14.9. The summed E-state index contributed by atoms with van der Waals surface area (Å²) >= 11 is 0. The van der Waals surface area contributed by atoms with Crippen molar-refractivity contribution in [2.45, 2.75) is 20.8 Å². The van der Waals surface area contributed by atoms with E-state index in [1.165, 1.54) is 0 Å². The van der Waals surface area contributed by atoms with Gasteiger partial charge < -0.3 is 16.5 Å². The third-order valence-corrected chi connectivity index (χ3v) is 1.69. The molecule has 0 radical (unpaired) electrons. The second kappa shape index (κ2) is 4.51. The van der Waals surface area contributed by atoms with E-state index in [0.29, 0.717) is 12.2 Å². The molecule has 13 heavy (non-hydrogen) atoms. The molecule has 0 spiro atoms. The molecule has 0 heterocycles. The van der Waals surface area contributed by atoms with E-state index in [2.05, 4.69) is 11.4 Å². The van der Waals surface area contributed by atoms with Crippen molar-refractivity contribution in [2.24, 2.45) is 11.1 Å². The van der Waals surface area contributed by atoms with Gasteiger partial charge in [-0.05, 0) is 20.8 Å². The molecule has 0 aromatic heterocycles. The van der Waals surface area contributed by atoms with E-state index in [4.69, 9.17) is 16.4 Å². The first-order valence-electron chi connectivity index (χ1n) is 4.05. The molecule has 0 atom stereocenters. The van der Waals surface area contributed by atoms with Crippen molar-refractivity contribution < 1.29 is 0 Å². The van der Waals surface area contributed by atoms with Crippen molar-refractivity contribution in [3.8, 4) is 6.07 Å². The maximum atomic E-state index is 8.72. The van der Waals surface area contributed by atoms with Gasteiger partial charge in [-0.2, -0.15) is 5.26 Å². The van der Waals surface area contributed by atoms with Crippen LogP contribution in [0.25, 0.3) is 0 Å². The number of hydrogen-bond acceptors (Lipinski definition) is 4. The molecule has 0 aromatic carbocycles. The van der Waals surface area contributed by atoms with Crippen molar-refractivity contribution in [2.75, 3.05) is 6.54 Å². The Bertz CT molecular complexity index is 257. The quantitative estimate of drug-likeness (QED) is 0.563. The Labute approximate surface area is 78.9 Å². The number of nitrogens with one attached hydrogen (secondary N) is 2. The monoisotopic (exact) mass is 180 g/mol. The standard InChI is InChI=1S/C9H16N4/c1-7(8(12)4-10)13-6-9(2,3)5-11/h4,10,13H,6,12H2,1-3H3/b8-7+,10-4?. The number of nitrogens with zero attached hydrogens (tertiary/aromatic N) is 1. The van der Waals surface area contributed by atoms with E-state index < -0.39 is 5.41 Å². The van der Waals surface area contributed by atoms with Gasteiger partial charge in [-0.25, -0.2) is 0 Å². The molecule has 4 heteroatoms. The van der Waals surface area contributed by atoms with Crippen LogP contribution in [0.4, 0.5) is 0 Å². The van der Waals surface area contributed by atoms with Crippen LogP contribution in [0.2, 0.25) is 0 Å². The molecule has 0 aliphatic carbocycles. The van der Waals surface area contributed by atoms with E-state index in [1.54, 1.807) is 6.92 Å². The second-order valence-electron chi connectivity index (χ2n) is 3.57. The van der Waals surface area contributed by atoms with Crippen molar-refractivity contribution >= 4 is 6.21 Å². The predicted molar refractivity (Wildman–Crippen MR) is 53.1 cm³/mol. The predicted octanol–water partition coefficient (Wildman–Crippen LogP) is 0.966. The minimum absolute atomic E-state index is 0.397. The first-order chi connectivity index (χ1) is 5.93. The van der Waals surface area contributed by atoms with Crippen LogP contribution in [0.3, 0.4) is 0 Å². The van der Waals surface area contributed by atoms with Crippen molar-refractivity contribution in [3.63, 3.8) is 0 Å². The van der Waals surface area contributed by atoms with Crippen LogP contribution in [0, 0.1) is 22.2 Å². The average molecular weight is 180 g/mol. The first-order valence-corrected chi connectivity index (χ1v) is 4.05. The Morgan fingerprint density at radius 3 is 2.62 bits per heavy atom. The summed E-state index contributed by atoms with van der Waals surface area (Å²) in [5.41, 5.74) is 6.20. The van der Waals surface area contributed by atoms with E-state index in [1.807, 2.05) is 13.8 Å². The fraction of sp³-hybridized carbons (Fsp3) is 0.556. The lowest BCUT2D eigenvalue weighted by Gasteiger charge is -2.17. The highest BCUT2D eigenvalue weighted by Crippen LogP contribution is 2.11. The zero-order chi connectivity index (χ0) is 10.5. The maximum Gasteiger partial charge on any atom is 0.0702 e. The summed E-state index contributed by atoms with van der Waals surface area (Å²) in [4.78, 5) is 0. The van der Waals surface area contributed by atoms with Crippen molar-refractivity contribution in [1.82, 2.24) is 5.32 Å². The van der Waals surface area contributed by atoms with Gasteiger partial charge in [0, 0.05) is 18.5 Å². The molecule has 0 rings (SSSR count). The van der Waals surface area contributed by atoms with Crippen LogP contribution in [0.15, 0.2) is 11.4 Å². The normalized spacial score (nSPS) is 12.8. The Morgan fingerprint density at radius 1 is 1.69 bits per heavy atom. The van der Waals surface area contributed by atoms with Gasteiger partial charge in [0.25, 0.3) is 0 Å². The summed E-state index contributed by atoms with van der Waals surface area (Å²) in [5.74, 6) is 0. The van der Waals surface area contributed by atoms with Crippen LogP contribution in [-0.4, -0.2) is 12.8 Å². The van der Waals surface area contributed by atoms with E-state index in [-0.39, 0.29) is 0 Å². The first kappa shape index (κ1) is 11.5. The molecular weight excluding hydrogens is 164 g/mol. The summed E-state index contributed by atoms with van der Waals surface area (Å²) in [7, 11) is 0. The van der Waals surface area contributed by atoms with E-state index in [0.717, 1.165) is 11.9 Å². The van der Waals surface area contributed by atoms with Crippen molar-refractivity contribution in [3.05, 3.63) is 11.4 Å². The number of rotatable bonds is 4. The molecule has 0 aliphatic rings. The molecule has 72 valence electrons. The number of nitrogens with two attached hydrogens (primary N) is 1. The molecule has 0 bridgehead atoms. The lowest BCUT2D eigenvalue weighted by atomic mass is 9.96. The molecule has 0 amide bonds. The average Bonchev–Trinajstić information content (AvgIpc) is 2.13. The van der Waals surface area contributed by atoms with Crippen molar-refractivity contribution in [1.29, 1.82) is 10.7 Å². The summed E-state index contributed by atoms with van der Waals surface area (Å²) in [6.07, 6.45) is 1.09. The van der Waals surface area contributed by atoms with Gasteiger partial charge in [0.15, 0.2) is 0 Å². The SMILES string of the molecule is C/C(NCC(C)(C)C#N)=C(\N)C=N. The van der Waals surface area contributed by atoms with Gasteiger partial charge in [-0.3, -0.25) is 0 Å². The molecule has 4 nitrogen and oxygen atoms in total. The van der Waals surface area contributed by atoms with Crippen LogP contribution < -0.4 is 11.1 Å². The topological polar surface area (TPSA) is 85.7 Å². The third kappa shape index (κ3) is 4.16. The lowest BCUT2D eigenvalue weighted by molar-refractivity contribution is 0.469. The van der Waals surface area contributed by atoms with Crippen LogP contribution in [0.5, 0.6) is 0 Å². The summed E-state index contributed by atoms with van der Waals surface area (Å²) < 4.78 is 0. The molecule has 0 aliphatic heterocycles. The minimum atomic E-state index is -0.413. The maximum absolute atomic E-state index is 8.72. The van der Waals surface area contributed by atoms with E-state index >= 15 is 0 Å². The van der Waals surface area contributed by atoms with Crippen LogP contribution in [0.1, 0.15) is 20.8 Å². The Morgan fingerprint density at radius 2 is 2.23 bits per heavy atom. The van der Waals surface area contributed by atoms with Gasteiger partial charge in [-0.1, -0.05) is 0 Å². The Balaban J connectivity index is 4.21. The second-order valence-corrected chi connectivity index (χ2v) is 3.57. The van der Waals surface area contributed by atoms with Crippen LogP contribution in [-0.2, 0) is 0 Å². The third-order valence-electron chi connectivity index (χ3n) is 1.69. The zero-order valence-electron chi connectivity index (χ0n) is 8.31. The molecule has 0 saturated heterocycles. The highest BCUT2D eigenvalue weighted by Gasteiger charge is 2.15. The molecular formula is C9H16N4. The molecule has 0 fully saturated rings.